The summed E-state index contributed by atoms with van der Waals surface area (Å²) in [4.78, 5) is 20.3. The molecule has 4 nitrogen and oxygen atoms in total. The Bertz CT molecular complexity index is 709. The number of nitrogens with zero attached hydrogens (tertiary/aromatic N) is 2. The number of nitriles is 1. The molecule has 0 saturated heterocycles. The van der Waals surface area contributed by atoms with E-state index in [2.05, 4.69) is 16.0 Å². The smallest absolute Gasteiger partial charge is 0.162 e. The van der Waals surface area contributed by atoms with E-state index in [4.69, 9.17) is 0 Å². The molecule has 106 valence electrons. The minimum Gasteiger partial charge on any atom is -0.340 e. The molecule has 2 bridgehead atoms. The van der Waals surface area contributed by atoms with Crippen LogP contribution in [0.2, 0.25) is 0 Å². The highest BCUT2D eigenvalue weighted by molar-refractivity contribution is 5.91. The van der Waals surface area contributed by atoms with Gasteiger partial charge in [-0.05, 0) is 43.2 Å². The molecule has 2 aromatic rings. The lowest BCUT2D eigenvalue weighted by molar-refractivity contribution is -0.124. The summed E-state index contributed by atoms with van der Waals surface area (Å²) in [6.07, 6.45) is 4.56. The SMILES string of the molecule is N#C[C@H](C(=O)[C@@H]1C[C@H]2CC[C@H]1C2)c1nc2ccccc2[nH]1. The standard InChI is InChI=1S/C17H17N3O/c18-9-13(16(21)12-8-10-5-6-11(12)7-10)17-19-14-3-1-2-4-15(14)20-17/h1-4,10-13H,5-8H2,(H,19,20)/t10-,11-,12+,13+/m0/s1. The predicted molar refractivity (Wildman–Crippen MR) is 78.4 cm³/mol. The second-order valence-corrected chi connectivity index (χ2v) is 6.39. The van der Waals surface area contributed by atoms with Crippen LogP contribution in [0, 0.1) is 29.1 Å². The number of fused-ring (bicyclic) bond motifs is 3. The highest BCUT2D eigenvalue weighted by Crippen LogP contribution is 2.49. The molecule has 2 aliphatic rings. The van der Waals surface area contributed by atoms with E-state index in [1.54, 1.807) is 0 Å². The first-order valence-corrected chi connectivity index (χ1v) is 7.64. The molecule has 1 heterocycles. The zero-order valence-corrected chi connectivity index (χ0v) is 11.7. The molecule has 21 heavy (non-hydrogen) atoms. The van der Waals surface area contributed by atoms with E-state index in [1.165, 1.54) is 12.8 Å². The third-order valence-corrected chi connectivity index (χ3v) is 5.20. The zero-order chi connectivity index (χ0) is 14.4. The van der Waals surface area contributed by atoms with Crippen LogP contribution in [0.25, 0.3) is 11.0 Å². The molecule has 4 heteroatoms. The number of carbonyl (C=O) groups excluding carboxylic acids is 1. The number of aromatic nitrogens is 2. The van der Waals surface area contributed by atoms with Crippen LogP contribution in [0.1, 0.15) is 37.4 Å². The van der Waals surface area contributed by atoms with Gasteiger partial charge in [-0.3, -0.25) is 4.79 Å². The first kappa shape index (κ1) is 12.6. The Kier molecular flexibility index (Phi) is 2.81. The monoisotopic (exact) mass is 279 g/mol. The maximum absolute atomic E-state index is 12.8. The highest BCUT2D eigenvalue weighted by Gasteiger charge is 2.45. The van der Waals surface area contributed by atoms with Crippen molar-refractivity contribution in [2.75, 3.05) is 0 Å². The largest absolute Gasteiger partial charge is 0.340 e. The van der Waals surface area contributed by atoms with Crippen molar-refractivity contribution in [3.63, 3.8) is 0 Å². The molecule has 0 radical (unpaired) electrons. The number of ketones is 1. The molecule has 0 aliphatic heterocycles. The van der Waals surface area contributed by atoms with Gasteiger partial charge in [0, 0.05) is 5.92 Å². The summed E-state index contributed by atoms with van der Waals surface area (Å²) >= 11 is 0. The van der Waals surface area contributed by atoms with Gasteiger partial charge in [-0.25, -0.2) is 4.98 Å². The number of imidazole rings is 1. The molecule has 2 fully saturated rings. The quantitative estimate of drug-likeness (QED) is 0.938. The van der Waals surface area contributed by atoms with Gasteiger partial charge in [-0.1, -0.05) is 18.6 Å². The van der Waals surface area contributed by atoms with Gasteiger partial charge < -0.3 is 4.98 Å². The number of hydrogen-bond donors (Lipinski definition) is 1. The lowest BCUT2D eigenvalue weighted by Gasteiger charge is -2.21. The molecular formula is C17H17N3O. The summed E-state index contributed by atoms with van der Waals surface area (Å²) in [5, 5.41) is 9.47. The van der Waals surface area contributed by atoms with Crippen molar-refractivity contribution in [2.24, 2.45) is 17.8 Å². The molecule has 0 spiro atoms. The van der Waals surface area contributed by atoms with Gasteiger partial charge in [0.05, 0.1) is 17.1 Å². The summed E-state index contributed by atoms with van der Waals surface area (Å²) in [6, 6.07) is 9.81. The number of H-pyrrole nitrogens is 1. The molecule has 4 atom stereocenters. The molecular weight excluding hydrogens is 262 g/mol. The molecule has 0 unspecified atom stereocenters. The van der Waals surface area contributed by atoms with Crippen molar-refractivity contribution >= 4 is 16.8 Å². The number of para-hydroxylation sites is 2. The van der Waals surface area contributed by atoms with E-state index in [0.29, 0.717) is 17.7 Å². The summed E-state index contributed by atoms with van der Waals surface area (Å²) in [5.41, 5.74) is 1.70. The second-order valence-electron chi connectivity index (χ2n) is 6.39. The molecule has 2 saturated carbocycles. The van der Waals surface area contributed by atoms with Gasteiger partial charge in [0.25, 0.3) is 0 Å². The highest BCUT2D eigenvalue weighted by atomic mass is 16.1. The van der Waals surface area contributed by atoms with Crippen molar-refractivity contribution in [1.29, 1.82) is 5.26 Å². The Morgan fingerprint density at radius 1 is 1.33 bits per heavy atom. The van der Waals surface area contributed by atoms with Crippen LogP contribution in [-0.4, -0.2) is 15.8 Å². The van der Waals surface area contributed by atoms with Crippen LogP contribution in [0.4, 0.5) is 0 Å². The number of aromatic amines is 1. The third kappa shape index (κ3) is 1.96. The van der Waals surface area contributed by atoms with Crippen LogP contribution in [0.15, 0.2) is 24.3 Å². The summed E-state index contributed by atoms with van der Waals surface area (Å²) in [7, 11) is 0. The third-order valence-electron chi connectivity index (χ3n) is 5.20. The molecule has 1 aromatic carbocycles. The van der Waals surface area contributed by atoms with Crippen LogP contribution < -0.4 is 0 Å². The van der Waals surface area contributed by atoms with E-state index in [0.717, 1.165) is 23.9 Å². The number of benzene rings is 1. The van der Waals surface area contributed by atoms with E-state index < -0.39 is 5.92 Å². The Labute approximate surface area is 123 Å². The number of carbonyl (C=O) groups is 1. The van der Waals surface area contributed by atoms with E-state index >= 15 is 0 Å². The van der Waals surface area contributed by atoms with Crippen LogP contribution in [0.5, 0.6) is 0 Å². The van der Waals surface area contributed by atoms with Crippen molar-refractivity contribution in [3.8, 4) is 6.07 Å². The van der Waals surface area contributed by atoms with Gasteiger partial charge in [0.1, 0.15) is 5.82 Å². The average Bonchev–Trinajstić information content (AvgIpc) is 3.22. The summed E-state index contributed by atoms with van der Waals surface area (Å²) < 4.78 is 0. The number of hydrogen-bond acceptors (Lipinski definition) is 3. The Hall–Kier alpha value is -2.15. The Morgan fingerprint density at radius 3 is 2.86 bits per heavy atom. The fourth-order valence-corrected chi connectivity index (χ4v) is 4.18. The van der Waals surface area contributed by atoms with E-state index in [9.17, 15) is 10.1 Å². The first-order chi connectivity index (χ1) is 10.3. The van der Waals surface area contributed by atoms with Crippen molar-refractivity contribution in [1.82, 2.24) is 9.97 Å². The Balaban J connectivity index is 1.65. The van der Waals surface area contributed by atoms with E-state index in [1.807, 2.05) is 24.3 Å². The molecule has 0 amide bonds. The van der Waals surface area contributed by atoms with Gasteiger partial charge in [0.15, 0.2) is 11.7 Å². The minimum atomic E-state index is -0.748. The van der Waals surface area contributed by atoms with Gasteiger partial charge in [0.2, 0.25) is 0 Å². The number of Topliss-reactive ketones (excluding diaryl/α,β-unsaturated/α-hetero) is 1. The summed E-state index contributed by atoms with van der Waals surface area (Å²) in [6.45, 7) is 0. The van der Waals surface area contributed by atoms with Crippen LogP contribution in [0.3, 0.4) is 0 Å². The fourth-order valence-electron chi connectivity index (χ4n) is 4.18. The normalized spacial score (nSPS) is 28.6. The lowest BCUT2D eigenvalue weighted by Crippen LogP contribution is -2.26. The van der Waals surface area contributed by atoms with Crippen molar-refractivity contribution in [3.05, 3.63) is 30.1 Å². The second kappa shape index (κ2) is 4.70. The Morgan fingerprint density at radius 2 is 2.19 bits per heavy atom. The van der Waals surface area contributed by atoms with Gasteiger partial charge in [-0.2, -0.15) is 5.26 Å². The molecule has 4 rings (SSSR count). The van der Waals surface area contributed by atoms with Crippen molar-refractivity contribution in [2.45, 2.75) is 31.6 Å². The number of rotatable bonds is 3. The van der Waals surface area contributed by atoms with Gasteiger partial charge >= 0.3 is 0 Å². The summed E-state index contributed by atoms with van der Waals surface area (Å²) in [5.74, 6) is 1.11. The molecule has 2 aliphatic carbocycles. The predicted octanol–water partition coefficient (Wildman–Crippen LogP) is 3.18. The molecule has 1 N–H and O–H groups in total. The number of nitrogens with one attached hydrogen (secondary N) is 1. The fraction of sp³-hybridized carbons (Fsp3) is 0.471. The average molecular weight is 279 g/mol. The van der Waals surface area contributed by atoms with E-state index in [-0.39, 0.29) is 11.7 Å². The minimum absolute atomic E-state index is 0.0709. The maximum atomic E-state index is 12.8. The topological polar surface area (TPSA) is 69.5 Å². The van der Waals surface area contributed by atoms with Gasteiger partial charge in [-0.15, -0.1) is 0 Å². The lowest BCUT2D eigenvalue weighted by atomic mass is 9.81. The zero-order valence-electron chi connectivity index (χ0n) is 11.7. The molecule has 1 aromatic heterocycles. The first-order valence-electron chi connectivity index (χ1n) is 7.64. The van der Waals surface area contributed by atoms with Crippen molar-refractivity contribution < 1.29 is 4.79 Å². The van der Waals surface area contributed by atoms with Crippen LogP contribution >= 0.6 is 0 Å². The van der Waals surface area contributed by atoms with Crippen LogP contribution in [-0.2, 0) is 4.79 Å². The maximum Gasteiger partial charge on any atom is 0.162 e.